The van der Waals surface area contributed by atoms with Crippen LogP contribution in [-0.2, 0) is 0 Å². The molecule has 0 aliphatic carbocycles. The van der Waals surface area contributed by atoms with Gasteiger partial charge in [-0.1, -0.05) is 23.3 Å². The van der Waals surface area contributed by atoms with Crippen molar-refractivity contribution in [2.75, 3.05) is 5.32 Å². The molecular formula is C19H11F2N3O2S. The lowest BCUT2D eigenvalue weighted by Crippen LogP contribution is -2.16. The molecule has 2 aromatic carbocycles. The van der Waals surface area contributed by atoms with E-state index in [1.807, 2.05) is 35.0 Å². The Morgan fingerprint density at radius 1 is 0.963 bits per heavy atom. The van der Waals surface area contributed by atoms with Crippen LogP contribution in [0.4, 0.5) is 14.8 Å². The Bertz CT molecular complexity index is 1090. The van der Waals surface area contributed by atoms with Gasteiger partial charge in [0.15, 0.2) is 0 Å². The van der Waals surface area contributed by atoms with Crippen LogP contribution in [0.2, 0.25) is 0 Å². The molecule has 1 amide bonds. The van der Waals surface area contributed by atoms with Crippen LogP contribution in [-0.4, -0.2) is 16.1 Å². The van der Waals surface area contributed by atoms with Gasteiger partial charge in [-0.15, -0.1) is 5.10 Å². The Kier molecular flexibility index (Phi) is 4.47. The van der Waals surface area contributed by atoms with E-state index in [1.165, 1.54) is 6.07 Å². The minimum absolute atomic E-state index is 0.177. The number of nitrogens with zero attached hydrogens (tertiary/aromatic N) is 2. The first-order chi connectivity index (χ1) is 13.1. The standard InChI is InChI=1S/C19H11F2N3O2S/c20-14-5-2-6-15(21)16(14)17(25)22-19-24-23-18(26-19)12-4-1-3-11(9-12)13-7-8-27-10-13/h1-10H,(H,22,24,25). The van der Waals surface area contributed by atoms with Crippen molar-refractivity contribution < 1.29 is 18.0 Å². The molecule has 134 valence electrons. The predicted octanol–water partition coefficient (Wildman–Crippen LogP) is 5.00. The van der Waals surface area contributed by atoms with Gasteiger partial charge in [-0.2, -0.15) is 11.3 Å². The lowest BCUT2D eigenvalue weighted by Gasteiger charge is -2.03. The van der Waals surface area contributed by atoms with Crippen molar-refractivity contribution in [1.29, 1.82) is 0 Å². The zero-order valence-corrected chi connectivity index (χ0v) is 14.5. The monoisotopic (exact) mass is 383 g/mol. The van der Waals surface area contributed by atoms with Crippen molar-refractivity contribution in [3.63, 3.8) is 0 Å². The first-order valence-corrected chi connectivity index (χ1v) is 8.78. The smallest absolute Gasteiger partial charge is 0.322 e. The number of hydrogen-bond donors (Lipinski definition) is 1. The first kappa shape index (κ1) is 17.0. The normalized spacial score (nSPS) is 10.7. The number of carbonyl (C=O) groups is 1. The summed E-state index contributed by atoms with van der Waals surface area (Å²) in [6.45, 7) is 0. The highest BCUT2D eigenvalue weighted by molar-refractivity contribution is 7.08. The van der Waals surface area contributed by atoms with Gasteiger partial charge in [0, 0.05) is 5.56 Å². The van der Waals surface area contributed by atoms with Crippen LogP contribution < -0.4 is 5.32 Å². The van der Waals surface area contributed by atoms with Crippen LogP contribution in [0.1, 0.15) is 10.4 Å². The van der Waals surface area contributed by atoms with Crippen molar-refractivity contribution in [3.05, 3.63) is 76.5 Å². The summed E-state index contributed by atoms with van der Waals surface area (Å²) in [6, 6.07) is 12.4. The summed E-state index contributed by atoms with van der Waals surface area (Å²) in [6.07, 6.45) is 0. The van der Waals surface area contributed by atoms with E-state index in [0.717, 1.165) is 23.3 Å². The minimum atomic E-state index is -1.01. The van der Waals surface area contributed by atoms with E-state index >= 15 is 0 Å². The number of anilines is 1. The topological polar surface area (TPSA) is 68.0 Å². The number of hydrogen-bond acceptors (Lipinski definition) is 5. The maximum Gasteiger partial charge on any atom is 0.322 e. The van der Waals surface area contributed by atoms with Crippen LogP contribution in [0.15, 0.2) is 63.7 Å². The number of nitrogens with one attached hydrogen (secondary N) is 1. The average molecular weight is 383 g/mol. The molecule has 2 heterocycles. The van der Waals surface area contributed by atoms with Crippen LogP contribution in [0.5, 0.6) is 0 Å². The summed E-state index contributed by atoms with van der Waals surface area (Å²) in [5.74, 6) is -2.78. The molecule has 8 heteroatoms. The number of aromatic nitrogens is 2. The third-order valence-electron chi connectivity index (χ3n) is 3.80. The number of amides is 1. The maximum atomic E-state index is 13.7. The van der Waals surface area contributed by atoms with Crippen LogP contribution in [0.3, 0.4) is 0 Å². The molecule has 5 nitrogen and oxygen atoms in total. The van der Waals surface area contributed by atoms with E-state index in [9.17, 15) is 13.6 Å². The molecule has 27 heavy (non-hydrogen) atoms. The molecule has 0 radical (unpaired) electrons. The van der Waals surface area contributed by atoms with Crippen LogP contribution in [0, 0.1) is 11.6 Å². The molecule has 0 saturated carbocycles. The molecule has 0 aliphatic rings. The SMILES string of the molecule is O=C(Nc1nnc(-c2cccc(-c3ccsc3)c2)o1)c1c(F)cccc1F. The number of carbonyl (C=O) groups excluding carboxylic acids is 1. The van der Waals surface area contributed by atoms with Crippen molar-refractivity contribution in [3.8, 4) is 22.6 Å². The summed E-state index contributed by atoms with van der Waals surface area (Å²) in [7, 11) is 0. The first-order valence-electron chi connectivity index (χ1n) is 7.84. The molecule has 0 bridgehead atoms. The largest absolute Gasteiger partial charge is 0.403 e. The highest BCUT2D eigenvalue weighted by atomic mass is 32.1. The summed E-state index contributed by atoms with van der Waals surface area (Å²) < 4.78 is 32.8. The molecule has 0 aliphatic heterocycles. The molecule has 1 N–H and O–H groups in total. The minimum Gasteiger partial charge on any atom is -0.403 e. The van der Waals surface area contributed by atoms with Gasteiger partial charge in [0.05, 0.1) is 0 Å². The third-order valence-corrected chi connectivity index (χ3v) is 4.48. The zero-order valence-electron chi connectivity index (χ0n) is 13.6. The van der Waals surface area contributed by atoms with E-state index < -0.39 is 23.1 Å². The van der Waals surface area contributed by atoms with Crippen LogP contribution in [0.25, 0.3) is 22.6 Å². The summed E-state index contributed by atoms with van der Waals surface area (Å²) >= 11 is 1.59. The van der Waals surface area contributed by atoms with Crippen molar-refractivity contribution in [1.82, 2.24) is 10.2 Å². The van der Waals surface area contributed by atoms with Gasteiger partial charge in [-0.3, -0.25) is 10.1 Å². The molecule has 0 spiro atoms. The van der Waals surface area contributed by atoms with E-state index in [-0.39, 0.29) is 11.9 Å². The highest BCUT2D eigenvalue weighted by Gasteiger charge is 2.19. The second-order valence-electron chi connectivity index (χ2n) is 5.56. The Morgan fingerprint density at radius 2 is 1.70 bits per heavy atom. The molecule has 0 unspecified atom stereocenters. The number of halogens is 2. The molecule has 0 saturated heterocycles. The summed E-state index contributed by atoms with van der Waals surface area (Å²) in [5.41, 5.74) is 1.98. The van der Waals surface area contributed by atoms with Gasteiger partial charge in [0.1, 0.15) is 17.2 Å². The summed E-state index contributed by atoms with van der Waals surface area (Å²) in [5, 5.41) is 13.8. The fourth-order valence-corrected chi connectivity index (χ4v) is 3.19. The second kappa shape index (κ2) is 7.08. The highest BCUT2D eigenvalue weighted by Crippen LogP contribution is 2.28. The second-order valence-corrected chi connectivity index (χ2v) is 6.34. The Balaban J connectivity index is 1.57. The molecule has 4 rings (SSSR count). The predicted molar refractivity (Wildman–Crippen MR) is 97.4 cm³/mol. The number of thiophene rings is 1. The van der Waals surface area contributed by atoms with E-state index in [1.54, 1.807) is 17.4 Å². The Morgan fingerprint density at radius 3 is 2.44 bits per heavy atom. The van der Waals surface area contributed by atoms with E-state index in [0.29, 0.717) is 5.56 Å². The van der Waals surface area contributed by atoms with Gasteiger partial charge >= 0.3 is 6.01 Å². The van der Waals surface area contributed by atoms with Gasteiger partial charge in [-0.05, 0) is 52.2 Å². The quantitative estimate of drug-likeness (QED) is 0.539. The van der Waals surface area contributed by atoms with E-state index in [2.05, 4.69) is 15.5 Å². The Labute approximate surface area is 156 Å². The lowest BCUT2D eigenvalue weighted by atomic mass is 10.1. The third kappa shape index (κ3) is 3.47. The number of benzene rings is 2. The molecule has 0 fully saturated rings. The van der Waals surface area contributed by atoms with Crippen molar-refractivity contribution >= 4 is 23.3 Å². The molecule has 4 aromatic rings. The number of rotatable bonds is 4. The molecular weight excluding hydrogens is 372 g/mol. The molecule has 2 aromatic heterocycles. The van der Waals surface area contributed by atoms with Gasteiger partial charge in [-0.25, -0.2) is 8.78 Å². The zero-order chi connectivity index (χ0) is 18.8. The average Bonchev–Trinajstić information content (AvgIpc) is 3.34. The van der Waals surface area contributed by atoms with Crippen molar-refractivity contribution in [2.45, 2.75) is 0 Å². The lowest BCUT2D eigenvalue weighted by molar-refractivity contribution is 0.101. The van der Waals surface area contributed by atoms with Crippen molar-refractivity contribution in [2.24, 2.45) is 0 Å². The van der Waals surface area contributed by atoms with Gasteiger partial charge < -0.3 is 4.42 Å². The summed E-state index contributed by atoms with van der Waals surface area (Å²) in [4.78, 5) is 12.1. The molecule has 0 atom stereocenters. The fourth-order valence-electron chi connectivity index (χ4n) is 2.53. The fraction of sp³-hybridized carbons (Fsp3) is 0. The van der Waals surface area contributed by atoms with Gasteiger partial charge in [0.25, 0.3) is 5.91 Å². The maximum absolute atomic E-state index is 13.7. The van der Waals surface area contributed by atoms with E-state index in [4.69, 9.17) is 4.42 Å². The van der Waals surface area contributed by atoms with Gasteiger partial charge in [0.2, 0.25) is 5.89 Å². The van der Waals surface area contributed by atoms with Crippen LogP contribution >= 0.6 is 11.3 Å². The Hall–Kier alpha value is -3.39.